The first-order chi connectivity index (χ1) is 4.95. The molecule has 58 valence electrons. The fourth-order valence-electron chi connectivity index (χ4n) is 1.99. The molecule has 2 heteroatoms. The summed E-state index contributed by atoms with van der Waals surface area (Å²) in [4.78, 5) is 2.66. The van der Waals surface area contributed by atoms with E-state index in [-0.39, 0.29) is 0 Å². The van der Waals surface area contributed by atoms with Crippen LogP contribution in [-0.4, -0.2) is 43.0 Å². The van der Waals surface area contributed by atoms with Crippen molar-refractivity contribution in [3.05, 3.63) is 0 Å². The van der Waals surface area contributed by atoms with E-state index in [0.29, 0.717) is 7.92 Å². The molecule has 2 fully saturated rings. The van der Waals surface area contributed by atoms with Crippen molar-refractivity contribution < 1.29 is 0 Å². The lowest BCUT2D eigenvalue weighted by molar-refractivity contribution is 0.298. The van der Waals surface area contributed by atoms with Gasteiger partial charge >= 0.3 is 0 Å². The van der Waals surface area contributed by atoms with E-state index in [4.69, 9.17) is 0 Å². The summed E-state index contributed by atoms with van der Waals surface area (Å²) in [5.74, 6) is 0. The van der Waals surface area contributed by atoms with E-state index in [0.717, 1.165) is 0 Å². The van der Waals surface area contributed by atoms with Gasteiger partial charge in [-0.15, -0.1) is 7.92 Å². The molecule has 0 aromatic carbocycles. The van der Waals surface area contributed by atoms with E-state index in [1.54, 1.807) is 18.5 Å². The number of rotatable bonds is 0. The maximum Gasteiger partial charge on any atom is 0.00207 e. The van der Waals surface area contributed by atoms with Gasteiger partial charge in [0.05, 0.1) is 0 Å². The van der Waals surface area contributed by atoms with Crippen molar-refractivity contribution >= 4 is 7.92 Å². The number of hydrogen-bond acceptors (Lipinski definition) is 1. The number of nitrogens with zero attached hydrogens (tertiary/aromatic N) is 1. The van der Waals surface area contributed by atoms with E-state index >= 15 is 0 Å². The quantitative estimate of drug-likeness (QED) is 0.482. The van der Waals surface area contributed by atoms with Gasteiger partial charge in [0, 0.05) is 6.54 Å². The van der Waals surface area contributed by atoms with Crippen LogP contribution >= 0.6 is 7.92 Å². The summed E-state index contributed by atoms with van der Waals surface area (Å²) in [7, 11) is 0.502. The summed E-state index contributed by atoms with van der Waals surface area (Å²) in [5.41, 5.74) is 0. The van der Waals surface area contributed by atoms with Crippen LogP contribution < -0.4 is 0 Å². The molecule has 0 amide bonds. The Balaban J connectivity index is 2.01. The topological polar surface area (TPSA) is 3.24 Å². The van der Waals surface area contributed by atoms with Gasteiger partial charge in [0.1, 0.15) is 0 Å². The number of fused-ring (bicyclic) bond motifs is 3. The van der Waals surface area contributed by atoms with Gasteiger partial charge in [-0.2, -0.15) is 0 Å². The SMILES string of the molecule is C1CN2CCCP(C1)CC2. The van der Waals surface area contributed by atoms with Crippen molar-refractivity contribution in [2.24, 2.45) is 0 Å². The van der Waals surface area contributed by atoms with Crippen LogP contribution in [0.5, 0.6) is 0 Å². The fourth-order valence-corrected chi connectivity index (χ4v) is 4.40. The minimum absolute atomic E-state index is 0.502. The highest BCUT2D eigenvalue weighted by Crippen LogP contribution is 2.40. The predicted octanol–water partition coefficient (Wildman–Crippen LogP) is 1.58. The summed E-state index contributed by atoms with van der Waals surface area (Å²) < 4.78 is 0. The molecule has 0 aliphatic carbocycles. The Hall–Kier alpha value is 0.390. The van der Waals surface area contributed by atoms with E-state index in [1.165, 1.54) is 32.5 Å². The van der Waals surface area contributed by atoms with Crippen LogP contribution in [0.2, 0.25) is 0 Å². The van der Waals surface area contributed by atoms with Crippen LogP contribution in [0.25, 0.3) is 0 Å². The van der Waals surface area contributed by atoms with E-state index in [9.17, 15) is 0 Å². The molecular weight excluding hydrogens is 141 g/mol. The van der Waals surface area contributed by atoms with Gasteiger partial charge in [0.25, 0.3) is 0 Å². The van der Waals surface area contributed by atoms with Crippen LogP contribution in [-0.2, 0) is 0 Å². The van der Waals surface area contributed by atoms with Gasteiger partial charge in [0.2, 0.25) is 0 Å². The maximum absolute atomic E-state index is 2.66. The van der Waals surface area contributed by atoms with Gasteiger partial charge < -0.3 is 4.90 Å². The Morgan fingerprint density at radius 1 is 0.800 bits per heavy atom. The van der Waals surface area contributed by atoms with Crippen LogP contribution in [0.4, 0.5) is 0 Å². The summed E-state index contributed by atoms with van der Waals surface area (Å²) in [5, 5.41) is 0. The molecule has 2 aliphatic rings. The summed E-state index contributed by atoms with van der Waals surface area (Å²) >= 11 is 0. The van der Waals surface area contributed by atoms with Crippen molar-refractivity contribution in [3.63, 3.8) is 0 Å². The Labute approximate surface area is 64.5 Å². The molecule has 0 spiro atoms. The lowest BCUT2D eigenvalue weighted by atomic mass is 10.3. The van der Waals surface area contributed by atoms with Crippen LogP contribution in [0, 0.1) is 0 Å². The van der Waals surface area contributed by atoms with Gasteiger partial charge in [-0.3, -0.25) is 0 Å². The van der Waals surface area contributed by atoms with Crippen molar-refractivity contribution in [1.82, 2.24) is 4.90 Å². The minimum Gasteiger partial charge on any atom is -0.303 e. The molecule has 0 aromatic heterocycles. The first kappa shape index (κ1) is 7.06. The minimum atomic E-state index is 0.502. The molecular formula is C8H16NP. The van der Waals surface area contributed by atoms with E-state index in [2.05, 4.69) is 4.90 Å². The van der Waals surface area contributed by atoms with Crippen molar-refractivity contribution in [1.29, 1.82) is 0 Å². The van der Waals surface area contributed by atoms with Crippen molar-refractivity contribution in [2.75, 3.05) is 38.1 Å². The molecule has 0 saturated carbocycles. The highest BCUT2D eigenvalue weighted by atomic mass is 31.1. The lowest BCUT2D eigenvalue weighted by Gasteiger charge is -2.18. The smallest absolute Gasteiger partial charge is 0.00207 e. The first-order valence-corrected chi connectivity index (χ1v) is 6.29. The Morgan fingerprint density at radius 3 is 2.20 bits per heavy atom. The molecule has 2 saturated heterocycles. The maximum atomic E-state index is 2.66. The summed E-state index contributed by atoms with van der Waals surface area (Å²) in [6.45, 7) is 4.23. The van der Waals surface area contributed by atoms with Gasteiger partial charge in [-0.05, 0) is 44.4 Å². The second-order valence-corrected chi connectivity index (χ2v) is 6.07. The second kappa shape index (κ2) is 3.19. The Kier molecular flexibility index (Phi) is 2.25. The van der Waals surface area contributed by atoms with Gasteiger partial charge in [0.15, 0.2) is 0 Å². The molecule has 1 nitrogen and oxygen atoms in total. The summed E-state index contributed by atoms with van der Waals surface area (Å²) in [6, 6.07) is 0. The van der Waals surface area contributed by atoms with Crippen LogP contribution in [0.3, 0.4) is 0 Å². The average Bonchev–Trinajstić information content (AvgIpc) is 2.17. The highest BCUT2D eigenvalue weighted by Gasteiger charge is 2.19. The third kappa shape index (κ3) is 1.52. The van der Waals surface area contributed by atoms with Crippen LogP contribution in [0.1, 0.15) is 12.8 Å². The molecule has 10 heavy (non-hydrogen) atoms. The fraction of sp³-hybridized carbons (Fsp3) is 1.00. The molecule has 2 bridgehead atoms. The first-order valence-electron chi connectivity index (χ1n) is 4.40. The standard InChI is InChI=1S/C8H16NP/c1-3-9-4-2-7-10(6-1)8-5-9/h1-8H2. The predicted molar refractivity (Wildman–Crippen MR) is 47.2 cm³/mol. The monoisotopic (exact) mass is 157 g/mol. The molecule has 2 heterocycles. The largest absolute Gasteiger partial charge is 0.303 e. The zero-order chi connectivity index (χ0) is 6.81. The average molecular weight is 157 g/mol. The molecule has 2 aliphatic heterocycles. The molecule has 2 rings (SSSR count). The molecule has 0 atom stereocenters. The zero-order valence-electron chi connectivity index (χ0n) is 6.55. The molecule has 0 N–H and O–H groups in total. The van der Waals surface area contributed by atoms with Crippen molar-refractivity contribution in [3.8, 4) is 0 Å². The molecule has 0 aromatic rings. The molecule has 0 radical (unpaired) electrons. The third-order valence-corrected chi connectivity index (χ3v) is 5.36. The van der Waals surface area contributed by atoms with Crippen molar-refractivity contribution in [2.45, 2.75) is 12.8 Å². The highest BCUT2D eigenvalue weighted by molar-refractivity contribution is 7.57. The normalized spacial score (nSPS) is 40.8. The second-order valence-electron chi connectivity index (χ2n) is 3.39. The molecule has 0 unspecified atom stereocenters. The Bertz CT molecular complexity index is 93.8. The van der Waals surface area contributed by atoms with Gasteiger partial charge in [-0.1, -0.05) is 0 Å². The van der Waals surface area contributed by atoms with E-state index in [1.807, 2.05) is 0 Å². The lowest BCUT2D eigenvalue weighted by Crippen LogP contribution is -2.26. The van der Waals surface area contributed by atoms with E-state index < -0.39 is 0 Å². The zero-order valence-corrected chi connectivity index (χ0v) is 7.45. The van der Waals surface area contributed by atoms with Crippen LogP contribution in [0.15, 0.2) is 0 Å². The Morgan fingerprint density at radius 2 is 1.50 bits per heavy atom. The number of hydrogen-bond donors (Lipinski definition) is 0. The summed E-state index contributed by atoms with van der Waals surface area (Å²) in [6.07, 6.45) is 7.68. The van der Waals surface area contributed by atoms with Gasteiger partial charge in [-0.25, -0.2) is 0 Å². The third-order valence-electron chi connectivity index (χ3n) is 2.63.